The van der Waals surface area contributed by atoms with Crippen LogP contribution < -0.4 is 16.2 Å². The van der Waals surface area contributed by atoms with Gasteiger partial charge in [0.25, 0.3) is 11.5 Å². The van der Waals surface area contributed by atoms with Crippen molar-refractivity contribution in [1.29, 1.82) is 0 Å². The molecule has 5 rings (SSSR count). The summed E-state index contributed by atoms with van der Waals surface area (Å²) in [5.74, 6) is -2.44. The van der Waals surface area contributed by atoms with Gasteiger partial charge in [0.05, 0.1) is 23.5 Å². The SMILES string of the molecule is Cc1nc2c(N3CCC(F)(F)C3)c(-c3ccccc3)[nH]n2c(=O)c1-c1ccc(N)nc1. The van der Waals surface area contributed by atoms with Crippen LogP contribution in [0.15, 0.2) is 53.5 Å². The van der Waals surface area contributed by atoms with Crippen LogP contribution in [0.1, 0.15) is 12.1 Å². The molecule has 7 nitrogen and oxygen atoms in total. The fourth-order valence-corrected chi connectivity index (χ4v) is 4.08. The number of benzene rings is 1. The van der Waals surface area contributed by atoms with Crippen LogP contribution in [0.5, 0.6) is 0 Å². The first kappa shape index (κ1) is 19.2. The number of halogens is 2. The molecule has 3 N–H and O–H groups in total. The van der Waals surface area contributed by atoms with E-state index in [0.29, 0.717) is 39.7 Å². The number of nitrogens with zero attached hydrogens (tertiary/aromatic N) is 4. The number of hydrogen-bond donors (Lipinski definition) is 2. The van der Waals surface area contributed by atoms with E-state index in [0.717, 1.165) is 5.56 Å². The zero-order valence-corrected chi connectivity index (χ0v) is 16.8. The molecule has 0 spiro atoms. The fraction of sp³-hybridized carbons (Fsp3) is 0.227. The van der Waals surface area contributed by atoms with Gasteiger partial charge >= 0.3 is 0 Å². The van der Waals surface area contributed by atoms with Crippen LogP contribution in [0.3, 0.4) is 0 Å². The first-order valence-electron chi connectivity index (χ1n) is 9.89. The van der Waals surface area contributed by atoms with Crippen molar-refractivity contribution in [2.24, 2.45) is 0 Å². The lowest BCUT2D eigenvalue weighted by Gasteiger charge is -2.18. The molecule has 9 heteroatoms. The summed E-state index contributed by atoms with van der Waals surface area (Å²) < 4.78 is 29.4. The van der Waals surface area contributed by atoms with E-state index in [1.807, 2.05) is 30.3 Å². The fourth-order valence-electron chi connectivity index (χ4n) is 4.08. The molecule has 1 aromatic carbocycles. The van der Waals surface area contributed by atoms with Gasteiger partial charge in [0, 0.05) is 30.3 Å². The second kappa shape index (κ2) is 6.90. The summed E-state index contributed by atoms with van der Waals surface area (Å²) >= 11 is 0. The van der Waals surface area contributed by atoms with Gasteiger partial charge in [-0.25, -0.2) is 18.7 Å². The summed E-state index contributed by atoms with van der Waals surface area (Å²) in [5.41, 5.74) is 8.98. The standard InChI is InChI=1S/C22H20F2N6O/c1-13-17(15-7-8-16(25)26-11-15)21(31)30-20(27-13)19(29-10-9-22(23,24)12-29)18(28-30)14-5-3-2-4-6-14/h2-8,11,28H,9-10,12H2,1H3,(H2,25,26). The predicted octanol–water partition coefficient (Wildman–Crippen LogP) is 3.49. The molecule has 0 atom stereocenters. The number of aromatic nitrogens is 4. The Kier molecular flexibility index (Phi) is 4.28. The van der Waals surface area contributed by atoms with Crippen molar-refractivity contribution in [3.05, 3.63) is 64.7 Å². The molecular formula is C22H20F2N6O. The Balaban J connectivity index is 1.78. The number of fused-ring (bicyclic) bond motifs is 1. The van der Waals surface area contributed by atoms with E-state index in [-0.39, 0.29) is 18.5 Å². The number of H-pyrrole nitrogens is 1. The van der Waals surface area contributed by atoms with E-state index in [4.69, 9.17) is 5.73 Å². The predicted molar refractivity (Wildman–Crippen MR) is 115 cm³/mol. The highest BCUT2D eigenvalue weighted by atomic mass is 19.3. The number of nitrogens with two attached hydrogens (primary N) is 1. The van der Waals surface area contributed by atoms with Crippen LogP contribution in [-0.2, 0) is 0 Å². The van der Waals surface area contributed by atoms with Crippen molar-refractivity contribution in [3.63, 3.8) is 0 Å². The lowest BCUT2D eigenvalue weighted by atomic mass is 10.1. The molecule has 4 aromatic rings. The first-order chi connectivity index (χ1) is 14.8. The largest absolute Gasteiger partial charge is 0.384 e. The Morgan fingerprint density at radius 2 is 1.90 bits per heavy atom. The van der Waals surface area contributed by atoms with Gasteiger partial charge in [0.1, 0.15) is 11.5 Å². The summed E-state index contributed by atoms with van der Waals surface area (Å²) in [5, 5.41) is 3.11. The van der Waals surface area contributed by atoms with Gasteiger partial charge in [0.2, 0.25) is 0 Å². The molecule has 31 heavy (non-hydrogen) atoms. The lowest BCUT2D eigenvalue weighted by Crippen LogP contribution is -2.26. The Morgan fingerprint density at radius 1 is 1.13 bits per heavy atom. The molecule has 0 bridgehead atoms. The molecule has 0 saturated carbocycles. The normalized spacial score (nSPS) is 15.6. The monoisotopic (exact) mass is 422 g/mol. The first-order valence-corrected chi connectivity index (χ1v) is 9.89. The minimum absolute atomic E-state index is 0.179. The lowest BCUT2D eigenvalue weighted by molar-refractivity contribution is 0.0257. The van der Waals surface area contributed by atoms with Crippen molar-refractivity contribution >= 4 is 17.2 Å². The van der Waals surface area contributed by atoms with Crippen LogP contribution in [0, 0.1) is 6.92 Å². The highest BCUT2D eigenvalue weighted by Gasteiger charge is 2.40. The summed E-state index contributed by atoms with van der Waals surface area (Å²) in [6.07, 6.45) is 1.28. The van der Waals surface area contributed by atoms with Gasteiger partial charge in [-0.1, -0.05) is 30.3 Å². The molecule has 1 fully saturated rings. The van der Waals surface area contributed by atoms with Crippen molar-refractivity contribution in [2.75, 3.05) is 23.7 Å². The second-order valence-corrected chi connectivity index (χ2v) is 7.74. The smallest absolute Gasteiger partial charge is 0.280 e. The van der Waals surface area contributed by atoms with Crippen molar-refractivity contribution < 1.29 is 8.78 Å². The van der Waals surface area contributed by atoms with E-state index in [9.17, 15) is 13.6 Å². The van der Waals surface area contributed by atoms with Gasteiger partial charge in [-0.05, 0) is 19.1 Å². The number of nitrogen functional groups attached to an aromatic ring is 1. The molecule has 1 aliphatic rings. The summed E-state index contributed by atoms with van der Waals surface area (Å²) in [6, 6.07) is 12.6. The van der Waals surface area contributed by atoms with Gasteiger partial charge in [0.15, 0.2) is 5.65 Å². The number of aryl methyl sites for hydroxylation is 1. The highest BCUT2D eigenvalue weighted by Crippen LogP contribution is 2.39. The van der Waals surface area contributed by atoms with Gasteiger partial charge in [-0.3, -0.25) is 9.89 Å². The molecule has 0 aliphatic carbocycles. The zero-order chi connectivity index (χ0) is 21.8. The van der Waals surface area contributed by atoms with E-state index >= 15 is 0 Å². The molecule has 158 valence electrons. The van der Waals surface area contributed by atoms with Crippen LogP contribution in [0.4, 0.5) is 20.3 Å². The third-order valence-corrected chi connectivity index (χ3v) is 5.56. The van der Waals surface area contributed by atoms with E-state index in [1.54, 1.807) is 24.0 Å². The zero-order valence-electron chi connectivity index (χ0n) is 16.8. The minimum atomic E-state index is -2.78. The number of aromatic amines is 1. The van der Waals surface area contributed by atoms with Crippen LogP contribution >= 0.6 is 0 Å². The number of rotatable bonds is 3. The van der Waals surface area contributed by atoms with E-state index in [2.05, 4.69) is 15.1 Å². The second-order valence-electron chi connectivity index (χ2n) is 7.74. The van der Waals surface area contributed by atoms with Crippen LogP contribution in [0.2, 0.25) is 0 Å². The van der Waals surface area contributed by atoms with Crippen molar-refractivity contribution in [1.82, 2.24) is 19.6 Å². The minimum Gasteiger partial charge on any atom is -0.384 e. The van der Waals surface area contributed by atoms with Crippen LogP contribution in [0.25, 0.3) is 28.0 Å². The summed E-state index contributed by atoms with van der Waals surface area (Å²) in [7, 11) is 0. The van der Waals surface area contributed by atoms with Gasteiger partial charge in [-0.15, -0.1) is 0 Å². The number of anilines is 2. The highest BCUT2D eigenvalue weighted by molar-refractivity contribution is 5.87. The molecule has 0 amide bonds. The molecule has 0 radical (unpaired) electrons. The van der Waals surface area contributed by atoms with Gasteiger partial charge in [-0.2, -0.15) is 4.52 Å². The van der Waals surface area contributed by atoms with Crippen molar-refractivity contribution in [3.8, 4) is 22.4 Å². The molecule has 1 aliphatic heterocycles. The third kappa shape index (κ3) is 3.22. The topological polar surface area (TPSA) is 92.3 Å². The number of alkyl halides is 2. The third-order valence-electron chi connectivity index (χ3n) is 5.56. The molecule has 3 aromatic heterocycles. The van der Waals surface area contributed by atoms with Crippen LogP contribution in [-0.4, -0.2) is 38.6 Å². The van der Waals surface area contributed by atoms with E-state index < -0.39 is 12.5 Å². The number of nitrogens with one attached hydrogen (secondary N) is 1. The summed E-state index contributed by atoms with van der Waals surface area (Å²) in [6.45, 7) is 1.49. The molecule has 4 heterocycles. The number of hydrogen-bond acceptors (Lipinski definition) is 5. The van der Waals surface area contributed by atoms with Crippen molar-refractivity contribution in [2.45, 2.75) is 19.3 Å². The molecular weight excluding hydrogens is 402 g/mol. The Labute approximate surface area is 176 Å². The average molecular weight is 422 g/mol. The maximum Gasteiger partial charge on any atom is 0.280 e. The Hall–Kier alpha value is -3.75. The number of pyridine rings is 1. The Bertz CT molecular complexity index is 1330. The average Bonchev–Trinajstić information content (AvgIpc) is 3.30. The maximum absolute atomic E-state index is 14.0. The molecule has 1 saturated heterocycles. The van der Waals surface area contributed by atoms with Gasteiger partial charge < -0.3 is 10.6 Å². The quantitative estimate of drug-likeness (QED) is 0.527. The van der Waals surface area contributed by atoms with E-state index in [1.165, 1.54) is 10.7 Å². The molecule has 0 unspecified atom stereocenters. The Morgan fingerprint density at radius 3 is 2.55 bits per heavy atom. The maximum atomic E-state index is 14.0. The summed E-state index contributed by atoms with van der Waals surface area (Å²) in [4.78, 5) is 23.8.